The van der Waals surface area contributed by atoms with Gasteiger partial charge in [-0.05, 0) is 32.4 Å². The van der Waals surface area contributed by atoms with Crippen molar-refractivity contribution in [3.05, 3.63) is 29.8 Å². The molecule has 2 nitrogen and oxygen atoms in total. The first-order chi connectivity index (χ1) is 7.94. The second kappa shape index (κ2) is 4.64. The van der Waals surface area contributed by atoms with Gasteiger partial charge in [-0.1, -0.05) is 11.8 Å². The molecule has 5 heteroatoms. The van der Waals surface area contributed by atoms with Crippen LogP contribution in [0.3, 0.4) is 0 Å². The van der Waals surface area contributed by atoms with Gasteiger partial charge in [-0.2, -0.15) is 0 Å². The van der Waals surface area contributed by atoms with Crippen LogP contribution < -0.4 is 5.32 Å². The average molecular weight is 256 g/mol. The van der Waals surface area contributed by atoms with Crippen molar-refractivity contribution in [3.63, 3.8) is 0 Å². The molecule has 0 fully saturated rings. The highest BCUT2D eigenvalue weighted by molar-refractivity contribution is 8.14. The minimum atomic E-state index is -0.590. The summed E-state index contributed by atoms with van der Waals surface area (Å²) in [5.41, 5.74) is 0.283. The topological polar surface area (TPSA) is 24.4 Å². The zero-order valence-electron chi connectivity index (χ0n) is 9.76. The van der Waals surface area contributed by atoms with Gasteiger partial charge in [0.2, 0.25) is 0 Å². The van der Waals surface area contributed by atoms with Crippen molar-refractivity contribution in [2.45, 2.75) is 25.8 Å². The number of nitrogens with one attached hydrogen (secondary N) is 1. The van der Waals surface area contributed by atoms with E-state index in [4.69, 9.17) is 0 Å². The largest absolute Gasteiger partial charge is 0.335 e. The maximum atomic E-state index is 13.0. The van der Waals surface area contributed by atoms with Crippen LogP contribution in [0.2, 0.25) is 0 Å². The Hall–Kier alpha value is -1.10. The summed E-state index contributed by atoms with van der Waals surface area (Å²) in [7, 11) is 0. The maximum Gasteiger partial charge on any atom is 0.161 e. The zero-order valence-corrected chi connectivity index (χ0v) is 10.6. The Morgan fingerprint density at radius 2 is 1.88 bits per heavy atom. The van der Waals surface area contributed by atoms with Crippen molar-refractivity contribution in [1.82, 2.24) is 0 Å². The molecule has 0 atom stereocenters. The molecule has 2 rings (SSSR count). The number of benzene rings is 1. The van der Waals surface area contributed by atoms with Crippen molar-refractivity contribution in [3.8, 4) is 0 Å². The quantitative estimate of drug-likeness (QED) is 0.829. The summed E-state index contributed by atoms with van der Waals surface area (Å²) in [5, 5.41) is 3.67. The van der Waals surface area contributed by atoms with Crippen LogP contribution in [-0.4, -0.2) is 16.5 Å². The van der Waals surface area contributed by atoms with Crippen LogP contribution in [-0.2, 0) is 0 Å². The number of hydrogen-bond donors (Lipinski definition) is 1. The van der Waals surface area contributed by atoms with E-state index in [1.807, 2.05) is 13.8 Å². The smallest absolute Gasteiger partial charge is 0.161 e. The van der Waals surface area contributed by atoms with Crippen LogP contribution in [0.25, 0.3) is 0 Å². The summed E-state index contributed by atoms with van der Waals surface area (Å²) in [6.45, 7) is 4.08. The summed E-state index contributed by atoms with van der Waals surface area (Å²) >= 11 is 1.57. The van der Waals surface area contributed by atoms with Gasteiger partial charge < -0.3 is 5.32 Å². The fourth-order valence-corrected chi connectivity index (χ4v) is 2.87. The molecule has 1 aromatic rings. The number of thioether (sulfide) groups is 1. The molecule has 17 heavy (non-hydrogen) atoms. The lowest BCUT2D eigenvalue weighted by Gasteiger charge is -2.26. The molecule has 0 unspecified atom stereocenters. The van der Waals surface area contributed by atoms with Crippen molar-refractivity contribution in [2.24, 2.45) is 4.99 Å². The van der Waals surface area contributed by atoms with Crippen molar-refractivity contribution >= 4 is 22.6 Å². The number of aliphatic imine (C=N–C) groups is 1. The third kappa shape index (κ3) is 3.43. The molecule has 0 saturated carbocycles. The number of nitrogens with zero attached hydrogens (tertiary/aromatic N) is 1. The molecule has 1 N–H and O–H groups in total. The molecule has 1 aliphatic rings. The lowest BCUT2D eigenvalue weighted by atomic mass is 10.0. The Labute approximate surface area is 104 Å². The highest BCUT2D eigenvalue weighted by Gasteiger charge is 2.22. The Morgan fingerprint density at radius 1 is 1.24 bits per heavy atom. The average Bonchev–Trinajstić information content (AvgIpc) is 2.13. The minimum Gasteiger partial charge on any atom is -0.335 e. The van der Waals surface area contributed by atoms with Gasteiger partial charge >= 0.3 is 0 Å². The highest BCUT2D eigenvalue weighted by Crippen LogP contribution is 2.27. The predicted octanol–water partition coefficient (Wildman–Crippen LogP) is 3.65. The number of hydrogen-bond acceptors (Lipinski definition) is 3. The summed E-state index contributed by atoms with van der Waals surface area (Å²) in [4.78, 5) is 4.49. The summed E-state index contributed by atoms with van der Waals surface area (Å²) < 4.78 is 26.0. The molecule has 0 saturated heterocycles. The van der Waals surface area contributed by atoms with E-state index in [0.29, 0.717) is 10.9 Å². The Morgan fingerprint density at radius 3 is 2.47 bits per heavy atom. The highest BCUT2D eigenvalue weighted by atomic mass is 32.2. The van der Waals surface area contributed by atoms with Gasteiger partial charge in [-0.25, -0.2) is 8.78 Å². The lowest BCUT2D eigenvalue weighted by Crippen LogP contribution is -2.27. The third-order valence-electron chi connectivity index (χ3n) is 2.47. The van der Waals surface area contributed by atoms with Gasteiger partial charge in [-0.15, -0.1) is 0 Å². The first kappa shape index (κ1) is 12.4. The van der Waals surface area contributed by atoms with Crippen LogP contribution in [0.15, 0.2) is 23.2 Å². The van der Waals surface area contributed by atoms with Gasteiger partial charge in [0, 0.05) is 17.5 Å². The molecule has 0 amide bonds. The van der Waals surface area contributed by atoms with E-state index in [1.165, 1.54) is 12.1 Å². The molecule has 0 bridgehead atoms. The lowest BCUT2D eigenvalue weighted by molar-refractivity contribution is 0.507. The van der Waals surface area contributed by atoms with Gasteiger partial charge in [0.25, 0.3) is 0 Å². The first-order valence-corrected chi connectivity index (χ1v) is 6.39. The molecule has 0 aliphatic carbocycles. The number of rotatable bonds is 1. The van der Waals surface area contributed by atoms with Gasteiger partial charge in [0.15, 0.2) is 5.17 Å². The van der Waals surface area contributed by atoms with Crippen molar-refractivity contribution < 1.29 is 8.78 Å². The fraction of sp³-hybridized carbons (Fsp3) is 0.417. The van der Waals surface area contributed by atoms with E-state index in [9.17, 15) is 8.78 Å². The van der Waals surface area contributed by atoms with Crippen LogP contribution in [0.5, 0.6) is 0 Å². The van der Waals surface area contributed by atoms with Gasteiger partial charge in [0.1, 0.15) is 11.6 Å². The molecule has 1 aliphatic heterocycles. The molecule has 1 aromatic carbocycles. The maximum absolute atomic E-state index is 13.0. The van der Waals surface area contributed by atoms with E-state index >= 15 is 0 Å². The molecule has 0 radical (unpaired) electrons. The zero-order chi connectivity index (χ0) is 12.5. The van der Waals surface area contributed by atoms with Crippen LogP contribution >= 0.6 is 11.8 Å². The number of amidine groups is 1. The molecular formula is C12H14F2N2S. The number of anilines is 1. The van der Waals surface area contributed by atoms with Crippen LogP contribution in [0.1, 0.15) is 20.3 Å². The Kier molecular flexibility index (Phi) is 3.38. The van der Waals surface area contributed by atoms with Crippen molar-refractivity contribution in [1.29, 1.82) is 0 Å². The van der Waals surface area contributed by atoms with Crippen LogP contribution in [0, 0.1) is 11.6 Å². The van der Waals surface area contributed by atoms with E-state index < -0.39 is 11.6 Å². The Bertz CT molecular complexity index is 438. The predicted molar refractivity (Wildman–Crippen MR) is 68.6 cm³/mol. The monoisotopic (exact) mass is 256 g/mol. The second-order valence-corrected chi connectivity index (χ2v) is 5.69. The second-order valence-electron chi connectivity index (χ2n) is 4.61. The SMILES string of the molecule is CC1(C)CCSC(Nc2cc(F)cc(F)c2)=N1. The summed E-state index contributed by atoms with van der Waals surface area (Å²) in [5.74, 6) is -0.224. The molecule has 1 heterocycles. The van der Waals surface area contributed by atoms with E-state index in [-0.39, 0.29) is 5.54 Å². The van der Waals surface area contributed by atoms with Crippen molar-refractivity contribution in [2.75, 3.05) is 11.1 Å². The molecule has 92 valence electrons. The van der Waals surface area contributed by atoms with E-state index in [1.54, 1.807) is 11.8 Å². The van der Waals surface area contributed by atoms with E-state index in [2.05, 4.69) is 10.3 Å². The summed E-state index contributed by atoms with van der Waals surface area (Å²) in [6.07, 6.45) is 1.00. The van der Waals surface area contributed by atoms with Gasteiger partial charge in [0.05, 0.1) is 5.54 Å². The molecular weight excluding hydrogens is 242 g/mol. The summed E-state index contributed by atoms with van der Waals surface area (Å²) in [6, 6.07) is 3.37. The van der Waals surface area contributed by atoms with E-state index in [0.717, 1.165) is 18.2 Å². The van der Waals surface area contributed by atoms with Crippen LogP contribution in [0.4, 0.5) is 14.5 Å². The Balaban J connectivity index is 2.18. The number of halogens is 2. The third-order valence-corrected chi connectivity index (χ3v) is 3.35. The standard InChI is InChI=1S/C12H14F2N2S/c1-12(2)3-4-17-11(16-12)15-10-6-8(13)5-9(14)7-10/h5-7H,3-4H2,1-2H3,(H,15,16). The first-order valence-electron chi connectivity index (χ1n) is 5.40. The molecule has 0 aromatic heterocycles. The normalized spacial score (nSPS) is 18.7. The fourth-order valence-electron chi connectivity index (χ4n) is 1.57. The molecule has 0 spiro atoms. The van der Waals surface area contributed by atoms with Gasteiger partial charge in [-0.3, -0.25) is 4.99 Å². The minimum absolute atomic E-state index is 0.112.